The van der Waals surface area contributed by atoms with Crippen molar-refractivity contribution < 1.29 is 0 Å². The topological polar surface area (TPSA) is 38.0 Å². The molecule has 0 aromatic rings. The third-order valence-electron chi connectivity index (χ3n) is 0.842. The van der Waals surface area contributed by atoms with E-state index >= 15 is 0 Å². The van der Waals surface area contributed by atoms with Crippen molar-refractivity contribution in [2.45, 2.75) is 6.42 Å². The van der Waals surface area contributed by atoms with E-state index in [1.807, 2.05) is 18.4 Å². The Bertz CT molecular complexity index is 118. The minimum Gasteiger partial charge on any atom is -0.386 e. The number of dihydropyridines is 1. The molecule has 0 atom stereocenters. The summed E-state index contributed by atoms with van der Waals surface area (Å²) in [6, 6.07) is 0. The number of nitrogens with one attached hydrogen (secondary N) is 1. The average Bonchev–Trinajstić information content (AvgIpc) is 1.69. The molecule has 0 aromatic heterocycles. The molecule has 3 heteroatoms. The van der Waals surface area contributed by atoms with Gasteiger partial charge in [0.25, 0.3) is 0 Å². The molecule has 0 bridgehead atoms. The molecular weight excluding hydrogens is 128 g/mol. The van der Waals surface area contributed by atoms with Gasteiger partial charge in [-0.3, -0.25) is 0 Å². The zero-order valence-corrected chi connectivity index (χ0v) is 6.93. The number of nitrogens with two attached hydrogens (primary N) is 1. The fourth-order valence-corrected chi connectivity index (χ4v) is 0.477. The average molecular weight is 136 g/mol. The second-order valence-corrected chi connectivity index (χ2v) is 1.44. The third-order valence-corrected chi connectivity index (χ3v) is 0.842. The van der Waals surface area contributed by atoms with Crippen LogP contribution in [0.1, 0.15) is 6.42 Å². The van der Waals surface area contributed by atoms with Crippen LogP contribution >= 0.6 is 0 Å². The third kappa shape index (κ3) is 2.60. The molecule has 2 radical (unpaired) electrons. The van der Waals surface area contributed by atoms with Crippen LogP contribution in [0, 0.1) is 0 Å². The minimum atomic E-state index is 0. The van der Waals surface area contributed by atoms with Gasteiger partial charge in [0.1, 0.15) is 0 Å². The van der Waals surface area contributed by atoms with Gasteiger partial charge in [-0.25, -0.2) is 0 Å². The van der Waals surface area contributed by atoms with Crippen LogP contribution in [0.3, 0.4) is 0 Å². The first-order valence-electron chi connectivity index (χ1n) is 2.27. The maximum absolute atomic E-state index is 5.33. The predicted octanol–water partition coefficient (Wildman–Crippen LogP) is -0.0873. The second kappa shape index (κ2) is 4.24. The largest absolute Gasteiger partial charge is 0.386 e. The van der Waals surface area contributed by atoms with Gasteiger partial charge in [-0.1, -0.05) is 6.08 Å². The van der Waals surface area contributed by atoms with Crippen LogP contribution in [-0.2, 0) is 0 Å². The van der Waals surface area contributed by atoms with Gasteiger partial charge >= 0.3 is 0 Å². The molecule has 0 saturated heterocycles. The van der Waals surface area contributed by atoms with E-state index in [-0.39, 0.29) is 37.7 Å². The molecule has 1 aliphatic rings. The summed E-state index contributed by atoms with van der Waals surface area (Å²) in [6.07, 6.45) is 6.74. The fraction of sp³-hybridized carbons (Fsp3) is 0.200. The molecule has 3 N–H and O–H groups in total. The van der Waals surface area contributed by atoms with Crippen LogP contribution in [0.15, 0.2) is 24.2 Å². The summed E-state index contributed by atoms with van der Waals surface area (Å²) in [6.45, 7) is 0. The van der Waals surface area contributed by atoms with Crippen LogP contribution in [0.4, 0.5) is 0 Å². The van der Waals surface area contributed by atoms with Gasteiger partial charge in [-0.15, -0.1) is 0 Å². The van der Waals surface area contributed by atoms with E-state index in [0.29, 0.717) is 0 Å². The van der Waals surface area contributed by atoms with Gasteiger partial charge in [-0.2, -0.15) is 0 Å². The SMILES string of the molecule is NC1=CCC=CN1.[Ca]. The standard InChI is InChI=1S/C5H8N2.Ca/c6-5-3-1-2-4-7-5;/h2-4,7H,1,6H2;. The van der Waals surface area contributed by atoms with E-state index in [9.17, 15) is 0 Å². The van der Waals surface area contributed by atoms with E-state index in [4.69, 9.17) is 5.73 Å². The Kier molecular flexibility index (Phi) is 4.42. The quantitative estimate of drug-likeness (QED) is 0.457. The van der Waals surface area contributed by atoms with Crippen molar-refractivity contribution in [1.82, 2.24) is 5.32 Å². The molecular formula is C5H8CaN2. The van der Waals surface area contributed by atoms with Crippen LogP contribution in [0.25, 0.3) is 0 Å². The first-order chi connectivity index (χ1) is 3.39. The Morgan fingerprint density at radius 1 is 1.62 bits per heavy atom. The Morgan fingerprint density at radius 2 is 2.38 bits per heavy atom. The smallest absolute Gasteiger partial charge is 0.0962 e. The Balaban J connectivity index is 0.000000490. The molecule has 1 rings (SSSR count). The molecule has 0 unspecified atom stereocenters. The van der Waals surface area contributed by atoms with E-state index in [1.54, 1.807) is 0 Å². The summed E-state index contributed by atoms with van der Waals surface area (Å²) in [5.41, 5.74) is 5.33. The van der Waals surface area contributed by atoms with Crippen molar-refractivity contribution in [3.05, 3.63) is 24.2 Å². The van der Waals surface area contributed by atoms with Gasteiger partial charge in [0, 0.05) is 37.7 Å². The molecule has 1 aliphatic heterocycles. The molecule has 2 nitrogen and oxygen atoms in total. The first kappa shape index (κ1) is 8.34. The van der Waals surface area contributed by atoms with Crippen molar-refractivity contribution in [2.75, 3.05) is 0 Å². The van der Waals surface area contributed by atoms with Crippen molar-refractivity contribution >= 4 is 37.7 Å². The fourth-order valence-electron chi connectivity index (χ4n) is 0.477. The molecule has 0 spiro atoms. The Hall–Kier alpha value is 0.340. The monoisotopic (exact) mass is 136 g/mol. The molecule has 0 amide bonds. The van der Waals surface area contributed by atoms with Gasteiger partial charge in [0.15, 0.2) is 0 Å². The molecule has 1 heterocycles. The molecule has 40 valence electrons. The summed E-state index contributed by atoms with van der Waals surface area (Å²) in [4.78, 5) is 0. The zero-order valence-electron chi connectivity index (χ0n) is 4.72. The van der Waals surface area contributed by atoms with Gasteiger partial charge in [0.05, 0.1) is 5.82 Å². The number of rotatable bonds is 0. The predicted molar refractivity (Wildman–Crippen MR) is 34.9 cm³/mol. The first-order valence-corrected chi connectivity index (χ1v) is 2.27. The van der Waals surface area contributed by atoms with Crippen LogP contribution < -0.4 is 11.1 Å². The van der Waals surface area contributed by atoms with Crippen LogP contribution in [0.2, 0.25) is 0 Å². The zero-order chi connectivity index (χ0) is 5.11. The minimum absolute atomic E-state index is 0. The van der Waals surface area contributed by atoms with Crippen LogP contribution in [0.5, 0.6) is 0 Å². The second-order valence-electron chi connectivity index (χ2n) is 1.44. The van der Waals surface area contributed by atoms with Crippen molar-refractivity contribution in [3.63, 3.8) is 0 Å². The number of hydrogen-bond donors (Lipinski definition) is 2. The summed E-state index contributed by atoms with van der Waals surface area (Å²) in [5, 5.41) is 2.84. The molecule has 0 saturated carbocycles. The van der Waals surface area contributed by atoms with E-state index in [0.717, 1.165) is 12.2 Å². The summed E-state index contributed by atoms with van der Waals surface area (Å²) >= 11 is 0. The van der Waals surface area contributed by atoms with Gasteiger partial charge in [0.2, 0.25) is 0 Å². The van der Waals surface area contributed by atoms with Crippen molar-refractivity contribution in [1.29, 1.82) is 0 Å². The van der Waals surface area contributed by atoms with E-state index < -0.39 is 0 Å². The summed E-state index contributed by atoms with van der Waals surface area (Å²) < 4.78 is 0. The normalized spacial score (nSPS) is 15.8. The number of hydrogen-bond acceptors (Lipinski definition) is 2. The molecule has 8 heavy (non-hydrogen) atoms. The summed E-state index contributed by atoms with van der Waals surface area (Å²) in [5.74, 6) is 0.752. The van der Waals surface area contributed by atoms with Gasteiger partial charge < -0.3 is 11.1 Å². The van der Waals surface area contributed by atoms with E-state index in [2.05, 4.69) is 5.32 Å². The van der Waals surface area contributed by atoms with Crippen molar-refractivity contribution in [3.8, 4) is 0 Å². The van der Waals surface area contributed by atoms with Gasteiger partial charge in [-0.05, 0) is 18.7 Å². The van der Waals surface area contributed by atoms with Crippen molar-refractivity contribution in [2.24, 2.45) is 5.73 Å². The summed E-state index contributed by atoms with van der Waals surface area (Å²) in [7, 11) is 0. The van der Waals surface area contributed by atoms with E-state index in [1.165, 1.54) is 0 Å². The molecule has 0 aromatic carbocycles. The molecule has 0 aliphatic carbocycles. The Labute approximate surface area is 78.8 Å². The number of allylic oxidation sites excluding steroid dienone is 2. The van der Waals surface area contributed by atoms with Crippen LogP contribution in [-0.4, -0.2) is 37.7 Å². The Morgan fingerprint density at radius 3 is 2.62 bits per heavy atom. The maximum Gasteiger partial charge on any atom is 0.0962 e. The molecule has 0 fully saturated rings. The maximum atomic E-state index is 5.33.